The number of carbonyl (C=O) groups excluding carboxylic acids is 2. The molecule has 0 aliphatic heterocycles. The molecule has 2 aromatic carbocycles. The van der Waals surface area contributed by atoms with Crippen molar-refractivity contribution in [1.82, 2.24) is 5.32 Å². The summed E-state index contributed by atoms with van der Waals surface area (Å²) in [6.07, 6.45) is 0. The fourth-order valence-electron chi connectivity index (χ4n) is 2.35. The molecule has 0 aromatic heterocycles. The first-order chi connectivity index (χ1) is 13.0. The number of para-hydroxylation sites is 1. The average molecular weight is 388 g/mol. The molecule has 0 bridgehead atoms. The third-order valence-corrected chi connectivity index (χ3v) is 4.66. The molecule has 5 nitrogen and oxygen atoms in total. The van der Waals surface area contributed by atoms with Crippen molar-refractivity contribution in [3.63, 3.8) is 0 Å². The van der Waals surface area contributed by atoms with Gasteiger partial charge in [-0.2, -0.15) is 0 Å². The van der Waals surface area contributed by atoms with E-state index in [0.717, 1.165) is 16.2 Å². The van der Waals surface area contributed by atoms with Gasteiger partial charge in [0.05, 0.1) is 11.3 Å². The summed E-state index contributed by atoms with van der Waals surface area (Å²) < 4.78 is 11.0. The van der Waals surface area contributed by atoms with Gasteiger partial charge in [0.1, 0.15) is 19.0 Å². The molecule has 0 atom stereocenters. The maximum absolute atomic E-state index is 12.4. The Morgan fingerprint density at radius 1 is 1.04 bits per heavy atom. The molecule has 0 heterocycles. The number of carbonyl (C=O) groups is 2. The summed E-state index contributed by atoms with van der Waals surface area (Å²) in [7, 11) is 0. The fourth-order valence-corrected chi connectivity index (χ4v) is 3.20. The maximum Gasteiger partial charge on any atom is 0.339 e. The van der Waals surface area contributed by atoms with Crippen LogP contribution in [0.1, 0.15) is 29.8 Å². The third-order valence-electron chi connectivity index (χ3n) is 3.58. The molecule has 27 heavy (non-hydrogen) atoms. The van der Waals surface area contributed by atoms with Crippen LogP contribution in [0, 0.1) is 6.92 Å². The second kappa shape index (κ2) is 10.6. The van der Waals surface area contributed by atoms with Crippen LogP contribution < -0.4 is 10.1 Å². The Bertz CT molecular complexity index is 776. The van der Waals surface area contributed by atoms with Gasteiger partial charge in [-0.25, -0.2) is 4.79 Å². The van der Waals surface area contributed by atoms with E-state index < -0.39 is 5.97 Å². The van der Waals surface area contributed by atoms with E-state index >= 15 is 0 Å². The van der Waals surface area contributed by atoms with Gasteiger partial charge in [0.2, 0.25) is 5.91 Å². The zero-order valence-electron chi connectivity index (χ0n) is 15.9. The van der Waals surface area contributed by atoms with Crippen molar-refractivity contribution in [2.75, 3.05) is 19.0 Å². The van der Waals surface area contributed by atoms with E-state index in [1.165, 1.54) is 11.8 Å². The van der Waals surface area contributed by atoms with Gasteiger partial charge >= 0.3 is 5.97 Å². The van der Waals surface area contributed by atoms with E-state index in [1.54, 1.807) is 12.1 Å². The van der Waals surface area contributed by atoms with Gasteiger partial charge in [-0.15, -0.1) is 11.8 Å². The number of thioether (sulfide) groups is 1. The van der Waals surface area contributed by atoms with Crippen LogP contribution in [-0.2, 0) is 9.53 Å². The van der Waals surface area contributed by atoms with Crippen LogP contribution in [0.15, 0.2) is 53.4 Å². The molecule has 6 heteroatoms. The number of rotatable bonds is 9. The first-order valence-electron chi connectivity index (χ1n) is 8.84. The lowest BCUT2D eigenvalue weighted by Gasteiger charge is -2.12. The summed E-state index contributed by atoms with van der Waals surface area (Å²) >= 11 is 1.32. The Balaban J connectivity index is 1.85. The van der Waals surface area contributed by atoms with Crippen molar-refractivity contribution >= 4 is 23.6 Å². The zero-order chi connectivity index (χ0) is 19.6. The van der Waals surface area contributed by atoms with E-state index in [9.17, 15) is 9.59 Å². The fraction of sp³-hybridized carbons (Fsp3) is 0.333. The van der Waals surface area contributed by atoms with Crippen molar-refractivity contribution in [3.8, 4) is 5.75 Å². The van der Waals surface area contributed by atoms with E-state index in [2.05, 4.69) is 5.32 Å². The quantitative estimate of drug-likeness (QED) is 0.402. The van der Waals surface area contributed by atoms with Gasteiger partial charge < -0.3 is 14.8 Å². The molecule has 0 saturated carbocycles. The summed E-state index contributed by atoms with van der Waals surface area (Å²) in [6, 6.07) is 14.9. The highest BCUT2D eigenvalue weighted by Crippen LogP contribution is 2.23. The minimum Gasteiger partial charge on any atom is -0.490 e. The summed E-state index contributed by atoms with van der Waals surface area (Å²) in [5.74, 6) is 0.542. The standard InChI is InChI=1S/C21H25NO4S/c1-15(2)22-20(23)14-27-19-11-7-5-9-17(19)21(24)26-13-12-25-18-10-6-4-8-16(18)3/h4-11,15H,12-14H2,1-3H3,(H,22,23). The monoisotopic (exact) mass is 387 g/mol. The predicted octanol–water partition coefficient (Wildman–Crippen LogP) is 3.85. The maximum atomic E-state index is 12.4. The van der Waals surface area contributed by atoms with E-state index in [0.29, 0.717) is 5.56 Å². The molecule has 1 N–H and O–H groups in total. The number of benzene rings is 2. The lowest BCUT2D eigenvalue weighted by Crippen LogP contribution is -2.31. The molecule has 144 valence electrons. The predicted molar refractivity (Wildman–Crippen MR) is 107 cm³/mol. The van der Waals surface area contributed by atoms with Gasteiger partial charge in [0.25, 0.3) is 0 Å². The minimum absolute atomic E-state index is 0.0650. The molecule has 0 fully saturated rings. The van der Waals surface area contributed by atoms with Crippen LogP contribution in [0.2, 0.25) is 0 Å². The smallest absolute Gasteiger partial charge is 0.339 e. The number of amides is 1. The highest BCUT2D eigenvalue weighted by Gasteiger charge is 2.14. The summed E-state index contributed by atoms with van der Waals surface area (Å²) in [6.45, 7) is 6.22. The van der Waals surface area contributed by atoms with Crippen LogP contribution in [0.4, 0.5) is 0 Å². The molecular formula is C21H25NO4S. The molecule has 0 spiro atoms. The highest BCUT2D eigenvalue weighted by atomic mass is 32.2. The van der Waals surface area contributed by atoms with Gasteiger partial charge in [0, 0.05) is 10.9 Å². The molecule has 0 aliphatic carbocycles. The van der Waals surface area contributed by atoms with Gasteiger partial charge in [-0.3, -0.25) is 4.79 Å². The molecule has 2 rings (SSSR count). The normalized spacial score (nSPS) is 10.5. The topological polar surface area (TPSA) is 64.6 Å². The Hall–Kier alpha value is -2.47. The SMILES string of the molecule is Cc1ccccc1OCCOC(=O)c1ccccc1SCC(=O)NC(C)C. The molecule has 1 amide bonds. The lowest BCUT2D eigenvalue weighted by atomic mass is 10.2. The van der Waals surface area contributed by atoms with Crippen molar-refractivity contribution in [2.45, 2.75) is 31.7 Å². The van der Waals surface area contributed by atoms with E-state index in [-0.39, 0.29) is 30.9 Å². The summed E-state index contributed by atoms with van der Waals surface area (Å²) in [5.41, 5.74) is 1.49. The molecule has 0 unspecified atom stereocenters. The Morgan fingerprint density at radius 2 is 1.74 bits per heavy atom. The van der Waals surface area contributed by atoms with Crippen molar-refractivity contribution in [3.05, 3.63) is 59.7 Å². The molecular weight excluding hydrogens is 362 g/mol. The summed E-state index contributed by atoms with van der Waals surface area (Å²) in [4.78, 5) is 24.9. The lowest BCUT2D eigenvalue weighted by molar-refractivity contribution is -0.119. The Kier molecular flexibility index (Phi) is 8.20. The molecule has 0 aliphatic rings. The highest BCUT2D eigenvalue weighted by molar-refractivity contribution is 8.00. The summed E-state index contributed by atoms with van der Waals surface area (Å²) in [5, 5.41) is 2.83. The zero-order valence-corrected chi connectivity index (χ0v) is 16.7. The van der Waals surface area contributed by atoms with Gasteiger partial charge in [0.15, 0.2) is 0 Å². The van der Waals surface area contributed by atoms with Crippen molar-refractivity contribution in [2.24, 2.45) is 0 Å². The van der Waals surface area contributed by atoms with Crippen LogP contribution in [0.25, 0.3) is 0 Å². The largest absolute Gasteiger partial charge is 0.490 e. The second-order valence-corrected chi connectivity index (χ2v) is 7.27. The minimum atomic E-state index is -0.421. The number of esters is 1. The van der Waals surface area contributed by atoms with Crippen LogP contribution in [-0.4, -0.2) is 36.9 Å². The number of nitrogens with one attached hydrogen (secondary N) is 1. The van der Waals surface area contributed by atoms with E-state index in [4.69, 9.17) is 9.47 Å². The molecule has 0 saturated heterocycles. The first kappa shape index (κ1) is 20.8. The molecule has 0 radical (unpaired) electrons. The van der Waals surface area contributed by atoms with Crippen LogP contribution >= 0.6 is 11.8 Å². The third kappa shape index (κ3) is 6.98. The number of aryl methyl sites for hydroxylation is 1. The van der Waals surface area contributed by atoms with Gasteiger partial charge in [-0.05, 0) is 44.5 Å². The first-order valence-corrected chi connectivity index (χ1v) is 9.82. The van der Waals surface area contributed by atoms with Crippen molar-refractivity contribution < 1.29 is 19.1 Å². The van der Waals surface area contributed by atoms with Crippen molar-refractivity contribution in [1.29, 1.82) is 0 Å². The number of hydrogen-bond donors (Lipinski definition) is 1. The Labute approximate surface area is 164 Å². The Morgan fingerprint density at radius 3 is 2.48 bits per heavy atom. The molecule has 2 aromatic rings. The van der Waals surface area contributed by atoms with E-state index in [1.807, 2.05) is 57.2 Å². The second-order valence-electron chi connectivity index (χ2n) is 6.26. The number of hydrogen-bond acceptors (Lipinski definition) is 5. The van der Waals surface area contributed by atoms with Crippen LogP contribution in [0.3, 0.4) is 0 Å². The van der Waals surface area contributed by atoms with Gasteiger partial charge in [-0.1, -0.05) is 30.3 Å². The number of ether oxygens (including phenoxy) is 2. The average Bonchev–Trinajstić information content (AvgIpc) is 2.64. The van der Waals surface area contributed by atoms with Crippen LogP contribution in [0.5, 0.6) is 5.75 Å².